The van der Waals surface area contributed by atoms with Gasteiger partial charge in [0, 0.05) is 49.1 Å². The summed E-state index contributed by atoms with van der Waals surface area (Å²) in [4.78, 5) is 29.6. The monoisotopic (exact) mass is 551 g/mol. The molecule has 2 unspecified atom stereocenters. The molecule has 0 saturated carbocycles. The van der Waals surface area contributed by atoms with Crippen LogP contribution < -0.4 is 15.8 Å². The molecular formula is C31H41N3O4S. The number of nitrogens with zero attached hydrogens (tertiary/aromatic N) is 1. The standard InChI is InChI=1S/C31H41N3O4S/c1-5-12-34(13-6-2)30(35)24-15-22(3)16-25(18-24)31(36)38-29(28(32)19-27-11-8-14-39-27)21-33-20-23-9-7-10-26(17-23)37-4/h7-11,14-18,28-29,33H,5-6,12-13,19-21,32H2,1-4H3. The van der Waals surface area contributed by atoms with Crippen LogP contribution in [0.2, 0.25) is 0 Å². The maximum Gasteiger partial charge on any atom is 0.338 e. The molecule has 0 fully saturated rings. The van der Waals surface area contributed by atoms with Gasteiger partial charge >= 0.3 is 5.97 Å². The highest BCUT2D eigenvalue weighted by Crippen LogP contribution is 2.18. The largest absolute Gasteiger partial charge is 0.497 e. The number of aryl methyl sites for hydroxylation is 1. The van der Waals surface area contributed by atoms with E-state index in [0.29, 0.717) is 43.7 Å². The minimum atomic E-state index is -0.568. The molecule has 3 aromatic rings. The van der Waals surface area contributed by atoms with Gasteiger partial charge < -0.3 is 25.4 Å². The molecule has 0 bridgehead atoms. The second kappa shape index (κ2) is 15.4. The number of esters is 1. The molecule has 0 aliphatic carbocycles. The summed E-state index contributed by atoms with van der Waals surface area (Å²) in [5, 5.41) is 5.39. The number of hydrogen-bond acceptors (Lipinski definition) is 7. The number of carbonyl (C=O) groups excluding carboxylic acids is 2. The normalized spacial score (nSPS) is 12.5. The van der Waals surface area contributed by atoms with Crippen molar-refractivity contribution in [3.05, 3.63) is 87.1 Å². The van der Waals surface area contributed by atoms with Gasteiger partial charge in [-0.25, -0.2) is 4.79 Å². The first-order valence-electron chi connectivity index (χ1n) is 13.6. The first kappa shape index (κ1) is 30.3. The highest BCUT2D eigenvalue weighted by molar-refractivity contribution is 7.09. The van der Waals surface area contributed by atoms with Crippen molar-refractivity contribution < 1.29 is 19.1 Å². The average Bonchev–Trinajstić information content (AvgIpc) is 3.44. The maximum absolute atomic E-state index is 13.4. The van der Waals surface area contributed by atoms with Crippen LogP contribution in [0.1, 0.15) is 63.4 Å². The van der Waals surface area contributed by atoms with E-state index >= 15 is 0 Å². The zero-order chi connectivity index (χ0) is 28.2. The van der Waals surface area contributed by atoms with Gasteiger partial charge in [0.2, 0.25) is 0 Å². The number of hydrogen-bond donors (Lipinski definition) is 2. The third-order valence-corrected chi connectivity index (χ3v) is 7.29. The summed E-state index contributed by atoms with van der Waals surface area (Å²) in [7, 11) is 1.64. The van der Waals surface area contributed by atoms with Gasteiger partial charge in [0.15, 0.2) is 0 Å². The molecule has 2 aromatic carbocycles. The van der Waals surface area contributed by atoms with Crippen LogP contribution in [0.15, 0.2) is 60.0 Å². The number of thiophene rings is 1. The van der Waals surface area contributed by atoms with Crippen molar-refractivity contribution >= 4 is 23.2 Å². The zero-order valence-corrected chi connectivity index (χ0v) is 24.3. The first-order chi connectivity index (χ1) is 18.8. The quantitative estimate of drug-likeness (QED) is 0.252. The van der Waals surface area contributed by atoms with E-state index in [1.165, 1.54) is 0 Å². The molecule has 1 heterocycles. The van der Waals surface area contributed by atoms with E-state index in [-0.39, 0.29) is 5.91 Å². The SMILES string of the molecule is CCCN(CCC)C(=O)c1cc(C)cc(C(=O)OC(CNCc2cccc(OC)c2)C(N)Cc2cccs2)c1. The first-order valence-corrected chi connectivity index (χ1v) is 14.5. The molecule has 0 saturated heterocycles. The van der Waals surface area contributed by atoms with Crippen molar-refractivity contribution in [1.29, 1.82) is 0 Å². The maximum atomic E-state index is 13.4. The lowest BCUT2D eigenvalue weighted by atomic mass is 10.0. The molecule has 3 rings (SSSR count). The van der Waals surface area contributed by atoms with Crippen LogP contribution in [0.3, 0.4) is 0 Å². The molecule has 0 aliphatic heterocycles. The van der Waals surface area contributed by atoms with E-state index in [9.17, 15) is 9.59 Å². The van der Waals surface area contributed by atoms with E-state index in [1.54, 1.807) is 30.6 Å². The van der Waals surface area contributed by atoms with Gasteiger partial charge in [-0.2, -0.15) is 0 Å². The molecule has 0 aliphatic rings. The topological polar surface area (TPSA) is 93.9 Å². The molecule has 8 heteroatoms. The molecule has 0 radical (unpaired) electrons. The fraction of sp³-hybridized carbons (Fsp3) is 0.419. The molecule has 210 valence electrons. The van der Waals surface area contributed by atoms with Crippen LogP contribution in [-0.2, 0) is 17.7 Å². The summed E-state index contributed by atoms with van der Waals surface area (Å²) in [5.41, 5.74) is 9.32. The number of ether oxygens (including phenoxy) is 2. The summed E-state index contributed by atoms with van der Waals surface area (Å²) in [5.74, 6) is 0.232. The lowest BCUT2D eigenvalue weighted by Gasteiger charge is -2.25. The Morgan fingerprint density at radius 3 is 2.44 bits per heavy atom. The molecule has 1 amide bonds. The van der Waals surface area contributed by atoms with Crippen LogP contribution in [0.5, 0.6) is 5.75 Å². The number of nitrogens with one attached hydrogen (secondary N) is 1. The predicted molar refractivity (Wildman–Crippen MR) is 158 cm³/mol. The summed E-state index contributed by atoms with van der Waals surface area (Å²) in [6.45, 7) is 8.30. The number of carbonyl (C=O) groups is 2. The fourth-order valence-electron chi connectivity index (χ4n) is 4.48. The van der Waals surface area contributed by atoms with Gasteiger partial charge in [-0.05, 0) is 72.7 Å². The van der Waals surface area contributed by atoms with Crippen molar-refractivity contribution in [3.8, 4) is 5.75 Å². The second-order valence-corrected chi connectivity index (χ2v) is 10.8. The lowest BCUT2D eigenvalue weighted by Crippen LogP contribution is -2.45. The molecule has 39 heavy (non-hydrogen) atoms. The second-order valence-electron chi connectivity index (χ2n) is 9.75. The van der Waals surface area contributed by atoms with Crippen molar-refractivity contribution in [1.82, 2.24) is 10.2 Å². The minimum Gasteiger partial charge on any atom is -0.497 e. The van der Waals surface area contributed by atoms with Crippen molar-refractivity contribution in [2.24, 2.45) is 5.73 Å². The van der Waals surface area contributed by atoms with E-state index in [4.69, 9.17) is 15.2 Å². The summed E-state index contributed by atoms with van der Waals surface area (Å²) >= 11 is 1.63. The Morgan fingerprint density at radius 1 is 1.03 bits per heavy atom. The van der Waals surface area contributed by atoms with E-state index < -0.39 is 18.1 Å². The molecule has 2 atom stereocenters. The number of rotatable bonds is 15. The highest BCUT2D eigenvalue weighted by atomic mass is 32.1. The molecule has 7 nitrogen and oxygen atoms in total. The Morgan fingerprint density at radius 2 is 1.77 bits per heavy atom. The van der Waals surface area contributed by atoms with Gasteiger partial charge in [0.25, 0.3) is 5.91 Å². The third-order valence-electron chi connectivity index (χ3n) is 6.40. The zero-order valence-electron chi connectivity index (χ0n) is 23.4. The van der Waals surface area contributed by atoms with Gasteiger partial charge in [0.1, 0.15) is 11.9 Å². The number of methoxy groups -OCH3 is 1. The van der Waals surface area contributed by atoms with Gasteiger partial charge in [-0.3, -0.25) is 4.79 Å². The van der Waals surface area contributed by atoms with Gasteiger partial charge in [-0.15, -0.1) is 11.3 Å². The number of benzene rings is 2. The van der Waals surface area contributed by atoms with Crippen LogP contribution in [0.25, 0.3) is 0 Å². The van der Waals surface area contributed by atoms with Crippen molar-refractivity contribution in [2.75, 3.05) is 26.7 Å². The van der Waals surface area contributed by atoms with Crippen LogP contribution in [-0.4, -0.2) is 55.7 Å². The molecule has 0 spiro atoms. The molecular weight excluding hydrogens is 510 g/mol. The number of nitrogens with two attached hydrogens (primary N) is 1. The summed E-state index contributed by atoms with van der Waals surface area (Å²) in [6.07, 6.45) is 1.77. The smallest absolute Gasteiger partial charge is 0.338 e. The van der Waals surface area contributed by atoms with E-state index in [1.807, 2.05) is 59.7 Å². The van der Waals surface area contributed by atoms with Crippen molar-refractivity contribution in [3.63, 3.8) is 0 Å². The van der Waals surface area contributed by atoms with Crippen LogP contribution >= 0.6 is 11.3 Å². The van der Waals surface area contributed by atoms with E-state index in [2.05, 4.69) is 19.2 Å². The Bertz CT molecular complexity index is 1190. The lowest BCUT2D eigenvalue weighted by molar-refractivity contribution is 0.0239. The summed E-state index contributed by atoms with van der Waals surface area (Å²) < 4.78 is 11.3. The van der Waals surface area contributed by atoms with Gasteiger partial charge in [0.05, 0.1) is 12.7 Å². The molecule has 1 aromatic heterocycles. The Hall–Kier alpha value is -3.20. The Labute approximate surface area is 236 Å². The minimum absolute atomic E-state index is 0.0673. The Kier molecular flexibility index (Phi) is 12.0. The van der Waals surface area contributed by atoms with Crippen LogP contribution in [0, 0.1) is 6.92 Å². The number of amides is 1. The fourth-order valence-corrected chi connectivity index (χ4v) is 5.26. The van der Waals surface area contributed by atoms with Gasteiger partial charge in [-0.1, -0.05) is 32.0 Å². The average molecular weight is 552 g/mol. The predicted octanol–water partition coefficient (Wildman–Crippen LogP) is 5.21. The molecule has 3 N–H and O–H groups in total. The Balaban J connectivity index is 1.75. The summed E-state index contributed by atoms with van der Waals surface area (Å²) in [6, 6.07) is 16.7. The van der Waals surface area contributed by atoms with E-state index in [0.717, 1.165) is 34.6 Å². The van der Waals surface area contributed by atoms with Crippen molar-refractivity contribution in [2.45, 2.75) is 58.7 Å². The third kappa shape index (κ3) is 9.20. The van der Waals surface area contributed by atoms with Crippen LogP contribution in [0.4, 0.5) is 0 Å². The highest BCUT2D eigenvalue weighted by Gasteiger charge is 2.25.